The minimum absolute atomic E-state index is 0.164. The predicted molar refractivity (Wildman–Crippen MR) is 54.0 cm³/mol. The Kier molecular flexibility index (Phi) is 3.74. The largest absolute Gasteiger partial charge is 0.213 e. The van der Waals surface area contributed by atoms with Crippen LogP contribution in [0.1, 0.15) is 39.0 Å². The molecule has 1 unspecified atom stereocenters. The van der Waals surface area contributed by atoms with Crippen molar-refractivity contribution in [3.8, 4) is 0 Å². The number of rotatable bonds is 4. The summed E-state index contributed by atoms with van der Waals surface area (Å²) in [7, 11) is -3.02. The first-order valence-electron chi connectivity index (χ1n) is 5.00. The zero-order chi connectivity index (χ0) is 9.90. The topological polar surface area (TPSA) is 46.2 Å². The van der Waals surface area contributed by atoms with Crippen molar-refractivity contribution >= 4 is 10.0 Å². The molecule has 1 N–H and O–H groups in total. The Morgan fingerprint density at radius 1 is 1.38 bits per heavy atom. The van der Waals surface area contributed by atoms with Crippen LogP contribution in [-0.2, 0) is 10.0 Å². The van der Waals surface area contributed by atoms with Crippen LogP contribution in [0.4, 0.5) is 0 Å². The predicted octanol–water partition coefficient (Wildman–Crippen LogP) is 1.50. The molecule has 78 valence electrons. The van der Waals surface area contributed by atoms with Crippen molar-refractivity contribution in [1.82, 2.24) is 4.72 Å². The van der Waals surface area contributed by atoms with E-state index in [9.17, 15) is 8.42 Å². The molecule has 0 spiro atoms. The molecule has 0 aromatic rings. The highest BCUT2D eigenvalue weighted by atomic mass is 32.2. The first-order chi connectivity index (χ1) is 6.03. The molecule has 1 aliphatic rings. The number of hydrogen-bond donors (Lipinski definition) is 1. The van der Waals surface area contributed by atoms with Crippen molar-refractivity contribution in [3.63, 3.8) is 0 Å². The van der Waals surface area contributed by atoms with Gasteiger partial charge in [-0.15, -0.1) is 0 Å². The Hall–Kier alpha value is -0.0900. The summed E-state index contributed by atoms with van der Waals surface area (Å²) in [6, 6.07) is 0.164. The third-order valence-electron chi connectivity index (χ3n) is 2.77. The molecule has 1 fully saturated rings. The van der Waals surface area contributed by atoms with Crippen molar-refractivity contribution in [3.05, 3.63) is 0 Å². The summed E-state index contributed by atoms with van der Waals surface area (Å²) >= 11 is 0. The maximum absolute atomic E-state index is 11.0. The van der Waals surface area contributed by atoms with E-state index in [1.165, 1.54) is 31.9 Å². The lowest BCUT2D eigenvalue weighted by molar-refractivity contribution is 0.391. The first kappa shape index (κ1) is 11.0. The lowest BCUT2D eigenvalue weighted by Gasteiger charge is -2.21. The van der Waals surface area contributed by atoms with Gasteiger partial charge in [-0.05, 0) is 25.2 Å². The van der Waals surface area contributed by atoms with E-state index in [-0.39, 0.29) is 6.04 Å². The minimum atomic E-state index is -3.02. The van der Waals surface area contributed by atoms with E-state index in [2.05, 4.69) is 4.72 Å². The zero-order valence-corrected chi connectivity index (χ0v) is 9.23. The molecule has 1 aliphatic carbocycles. The zero-order valence-electron chi connectivity index (χ0n) is 8.41. The molecule has 0 aromatic carbocycles. The van der Waals surface area contributed by atoms with Crippen molar-refractivity contribution in [2.75, 3.05) is 6.26 Å². The Morgan fingerprint density at radius 2 is 1.92 bits per heavy atom. The Labute approximate surface area is 81.0 Å². The second-order valence-corrected chi connectivity index (χ2v) is 5.73. The molecule has 0 amide bonds. The highest BCUT2D eigenvalue weighted by Crippen LogP contribution is 2.29. The van der Waals surface area contributed by atoms with Crippen LogP contribution in [0.2, 0.25) is 0 Å². The molecular formula is C9H19NO2S. The number of hydrogen-bond acceptors (Lipinski definition) is 2. The van der Waals surface area contributed by atoms with Crippen LogP contribution in [0.25, 0.3) is 0 Å². The Bertz CT molecular complexity index is 242. The Morgan fingerprint density at radius 3 is 2.31 bits per heavy atom. The van der Waals surface area contributed by atoms with Gasteiger partial charge in [0.2, 0.25) is 10.0 Å². The first-order valence-corrected chi connectivity index (χ1v) is 6.89. The van der Waals surface area contributed by atoms with Crippen LogP contribution in [0.5, 0.6) is 0 Å². The van der Waals surface area contributed by atoms with Gasteiger partial charge in [-0.1, -0.05) is 19.8 Å². The van der Waals surface area contributed by atoms with E-state index in [1.807, 2.05) is 6.92 Å². The van der Waals surface area contributed by atoms with Crippen LogP contribution in [-0.4, -0.2) is 20.7 Å². The van der Waals surface area contributed by atoms with Crippen molar-refractivity contribution in [2.45, 2.75) is 45.1 Å². The van der Waals surface area contributed by atoms with Gasteiger partial charge in [-0.3, -0.25) is 0 Å². The average molecular weight is 205 g/mol. The fourth-order valence-electron chi connectivity index (χ4n) is 2.15. The molecule has 0 aromatic heterocycles. The molecule has 4 heteroatoms. The molecule has 3 nitrogen and oxygen atoms in total. The summed E-state index contributed by atoms with van der Waals surface area (Å²) in [6.07, 6.45) is 7.02. The standard InChI is InChI=1S/C9H19NO2S/c1-3-9(10-13(2,11)12)8-6-4-5-7-8/h8-10H,3-7H2,1-2H3. The molecule has 0 saturated heterocycles. The highest BCUT2D eigenvalue weighted by molar-refractivity contribution is 7.88. The number of sulfonamides is 1. The van der Waals surface area contributed by atoms with Gasteiger partial charge in [0.25, 0.3) is 0 Å². The van der Waals surface area contributed by atoms with Crippen LogP contribution in [0.15, 0.2) is 0 Å². The molecule has 1 saturated carbocycles. The Balaban J connectivity index is 2.51. The van der Waals surface area contributed by atoms with Gasteiger partial charge < -0.3 is 0 Å². The van der Waals surface area contributed by atoms with Gasteiger partial charge in [-0.2, -0.15) is 0 Å². The van der Waals surface area contributed by atoms with E-state index < -0.39 is 10.0 Å². The molecule has 1 rings (SSSR count). The third kappa shape index (κ3) is 3.65. The maximum Gasteiger partial charge on any atom is 0.208 e. The lowest BCUT2D eigenvalue weighted by atomic mass is 9.97. The monoisotopic (exact) mass is 205 g/mol. The second kappa shape index (κ2) is 4.42. The van der Waals surface area contributed by atoms with Gasteiger partial charge in [0.1, 0.15) is 0 Å². The van der Waals surface area contributed by atoms with Crippen molar-refractivity contribution < 1.29 is 8.42 Å². The average Bonchev–Trinajstić information content (AvgIpc) is 2.50. The van der Waals surface area contributed by atoms with Crippen LogP contribution >= 0.6 is 0 Å². The summed E-state index contributed by atoms with van der Waals surface area (Å²) in [5, 5.41) is 0. The summed E-state index contributed by atoms with van der Waals surface area (Å²) in [4.78, 5) is 0. The summed E-state index contributed by atoms with van der Waals surface area (Å²) in [5.74, 6) is 0.569. The van der Waals surface area contributed by atoms with Crippen molar-refractivity contribution in [2.24, 2.45) is 5.92 Å². The fourth-order valence-corrected chi connectivity index (χ4v) is 3.06. The van der Waals surface area contributed by atoms with E-state index >= 15 is 0 Å². The molecule has 1 atom stereocenters. The lowest BCUT2D eigenvalue weighted by Crippen LogP contribution is -2.38. The highest BCUT2D eigenvalue weighted by Gasteiger charge is 2.25. The quantitative estimate of drug-likeness (QED) is 0.756. The smallest absolute Gasteiger partial charge is 0.208 e. The van der Waals surface area contributed by atoms with Gasteiger partial charge in [0.05, 0.1) is 6.26 Å². The number of nitrogens with one attached hydrogen (secondary N) is 1. The third-order valence-corrected chi connectivity index (χ3v) is 3.51. The summed E-state index contributed by atoms with van der Waals surface area (Å²) in [5.41, 5.74) is 0. The second-order valence-electron chi connectivity index (χ2n) is 3.95. The van der Waals surface area contributed by atoms with Crippen molar-refractivity contribution in [1.29, 1.82) is 0 Å². The molecule has 0 aliphatic heterocycles. The summed E-state index contributed by atoms with van der Waals surface area (Å²) in [6.45, 7) is 2.04. The van der Waals surface area contributed by atoms with Crippen LogP contribution < -0.4 is 4.72 Å². The van der Waals surface area contributed by atoms with E-state index in [4.69, 9.17) is 0 Å². The normalized spacial score (nSPS) is 22.0. The molecule has 0 radical (unpaired) electrons. The van der Waals surface area contributed by atoms with E-state index in [0.717, 1.165) is 6.42 Å². The molecule has 0 heterocycles. The maximum atomic E-state index is 11.0. The van der Waals surface area contributed by atoms with E-state index in [0.29, 0.717) is 5.92 Å². The van der Waals surface area contributed by atoms with Gasteiger partial charge in [0, 0.05) is 6.04 Å². The van der Waals surface area contributed by atoms with Gasteiger partial charge in [-0.25, -0.2) is 13.1 Å². The SMILES string of the molecule is CCC(NS(C)(=O)=O)C1CCCC1. The summed E-state index contributed by atoms with van der Waals surface area (Å²) < 4.78 is 24.8. The fraction of sp³-hybridized carbons (Fsp3) is 1.00. The van der Waals surface area contributed by atoms with Crippen LogP contribution in [0.3, 0.4) is 0 Å². The van der Waals surface area contributed by atoms with Gasteiger partial charge >= 0.3 is 0 Å². The molecule has 13 heavy (non-hydrogen) atoms. The molecular weight excluding hydrogens is 186 g/mol. The van der Waals surface area contributed by atoms with Gasteiger partial charge in [0.15, 0.2) is 0 Å². The van der Waals surface area contributed by atoms with Crippen LogP contribution in [0, 0.1) is 5.92 Å². The van der Waals surface area contributed by atoms with E-state index in [1.54, 1.807) is 0 Å². The molecule has 0 bridgehead atoms. The minimum Gasteiger partial charge on any atom is -0.213 e.